The van der Waals surface area contributed by atoms with E-state index < -0.39 is 11.9 Å². The molecule has 0 saturated heterocycles. The fourth-order valence-corrected chi connectivity index (χ4v) is 1.46. The number of hydrogen-bond donors (Lipinski definition) is 2. The molecule has 2 N–H and O–H groups in total. The molecule has 0 heterocycles. The summed E-state index contributed by atoms with van der Waals surface area (Å²) in [7, 11) is 0. The van der Waals surface area contributed by atoms with E-state index in [1.165, 1.54) is 12.1 Å². The van der Waals surface area contributed by atoms with Crippen LogP contribution in [0.4, 0.5) is 0 Å². The third-order valence-electron chi connectivity index (χ3n) is 2.15. The lowest BCUT2D eigenvalue weighted by Gasteiger charge is -2.11. The summed E-state index contributed by atoms with van der Waals surface area (Å²) in [6, 6.07) is 6.44. The van der Waals surface area contributed by atoms with Gasteiger partial charge in [-0.1, -0.05) is 25.5 Å². The summed E-state index contributed by atoms with van der Waals surface area (Å²) in [5, 5.41) is 18.2. The average Bonchev–Trinajstić information content (AvgIpc) is 2.13. The largest absolute Gasteiger partial charge is 0.508 e. The van der Waals surface area contributed by atoms with Crippen LogP contribution >= 0.6 is 0 Å². The van der Waals surface area contributed by atoms with E-state index in [1.54, 1.807) is 12.1 Å². The van der Waals surface area contributed by atoms with Gasteiger partial charge < -0.3 is 10.2 Å². The van der Waals surface area contributed by atoms with Gasteiger partial charge in [0.05, 0.1) is 5.92 Å². The fourth-order valence-electron chi connectivity index (χ4n) is 1.46. The predicted molar refractivity (Wildman–Crippen MR) is 53.4 cm³/mol. The van der Waals surface area contributed by atoms with Gasteiger partial charge in [0.25, 0.3) is 0 Å². The van der Waals surface area contributed by atoms with Crippen LogP contribution in [0.3, 0.4) is 0 Å². The number of benzene rings is 1. The van der Waals surface area contributed by atoms with Crippen LogP contribution in [-0.2, 0) is 4.79 Å². The molecule has 3 nitrogen and oxygen atoms in total. The monoisotopic (exact) mass is 194 g/mol. The van der Waals surface area contributed by atoms with Gasteiger partial charge in [-0.05, 0) is 24.1 Å². The SMILES string of the molecule is CCCC(C(=O)O)c1cccc(O)c1. The number of aromatic hydroxyl groups is 1. The first-order chi connectivity index (χ1) is 6.65. The maximum Gasteiger partial charge on any atom is 0.310 e. The molecule has 0 fully saturated rings. The highest BCUT2D eigenvalue weighted by atomic mass is 16.4. The summed E-state index contributed by atoms with van der Waals surface area (Å²) in [4.78, 5) is 10.9. The van der Waals surface area contributed by atoms with Gasteiger partial charge in [0, 0.05) is 0 Å². The molecule has 1 atom stereocenters. The second-order valence-electron chi connectivity index (χ2n) is 3.27. The quantitative estimate of drug-likeness (QED) is 0.773. The van der Waals surface area contributed by atoms with E-state index in [0.29, 0.717) is 12.0 Å². The van der Waals surface area contributed by atoms with Gasteiger partial charge in [0.15, 0.2) is 0 Å². The molecule has 1 unspecified atom stereocenters. The average molecular weight is 194 g/mol. The minimum absolute atomic E-state index is 0.116. The van der Waals surface area contributed by atoms with Crippen molar-refractivity contribution < 1.29 is 15.0 Å². The van der Waals surface area contributed by atoms with Crippen molar-refractivity contribution in [1.29, 1.82) is 0 Å². The molecule has 14 heavy (non-hydrogen) atoms. The lowest BCUT2D eigenvalue weighted by Crippen LogP contribution is -2.11. The molecular formula is C11H14O3. The van der Waals surface area contributed by atoms with Crippen LogP contribution < -0.4 is 0 Å². The van der Waals surface area contributed by atoms with Gasteiger partial charge in [-0.2, -0.15) is 0 Å². The summed E-state index contributed by atoms with van der Waals surface area (Å²) in [6.45, 7) is 1.94. The number of phenols is 1. The Morgan fingerprint density at radius 1 is 1.50 bits per heavy atom. The number of rotatable bonds is 4. The van der Waals surface area contributed by atoms with Gasteiger partial charge in [-0.15, -0.1) is 0 Å². The highest BCUT2D eigenvalue weighted by molar-refractivity contribution is 5.76. The molecule has 0 bridgehead atoms. The van der Waals surface area contributed by atoms with Crippen molar-refractivity contribution in [3.8, 4) is 5.75 Å². The fraction of sp³-hybridized carbons (Fsp3) is 0.364. The first-order valence-corrected chi connectivity index (χ1v) is 4.67. The van der Waals surface area contributed by atoms with Crippen LogP contribution in [0.25, 0.3) is 0 Å². The Kier molecular flexibility index (Phi) is 3.51. The van der Waals surface area contributed by atoms with Crippen LogP contribution in [0.1, 0.15) is 31.2 Å². The second-order valence-corrected chi connectivity index (χ2v) is 3.27. The number of carboxylic acid groups (broad SMARTS) is 1. The van der Waals surface area contributed by atoms with Gasteiger partial charge >= 0.3 is 5.97 Å². The summed E-state index contributed by atoms with van der Waals surface area (Å²) in [5.74, 6) is -1.23. The molecule has 0 aliphatic carbocycles. The Balaban J connectivity index is 2.93. The van der Waals surface area contributed by atoms with Gasteiger partial charge in [-0.3, -0.25) is 4.79 Å². The Hall–Kier alpha value is -1.51. The smallest absolute Gasteiger partial charge is 0.310 e. The standard InChI is InChI=1S/C11H14O3/c1-2-4-10(11(13)14)8-5-3-6-9(12)7-8/h3,5-7,10,12H,2,4H2,1H3,(H,13,14). The molecular weight excluding hydrogens is 180 g/mol. The maximum atomic E-state index is 10.9. The van der Waals surface area contributed by atoms with Crippen molar-refractivity contribution in [2.24, 2.45) is 0 Å². The van der Waals surface area contributed by atoms with Crippen LogP contribution in [0.5, 0.6) is 5.75 Å². The highest BCUT2D eigenvalue weighted by Crippen LogP contribution is 2.24. The predicted octanol–water partition coefficient (Wildman–Crippen LogP) is 2.36. The molecule has 76 valence electrons. The number of carboxylic acids is 1. The zero-order valence-corrected chi connectivity index (χ0v) is 8.10. The minimum atomic E-state index is -0.836. The lowest BCUT2D eigenvalue weighted by atomic mass is 9.94. The van der Waals surface area contributed by atoms with Crippen LogP contribution in [-0.4, -0.2) is 16.2 Å². The molecule has 0 saturated carbocycles. The molecule has 1 aromatic carbocycles. The van der Waals surface area contributed by atoms with E-state index in [2.05, 4.69) is 0 Å². The third kappa shape index (κ3) is 2.49. The third-order valence-corrected chi connectivity index (χ3v) is 2.15. The van der Waals surface area contributed by atoms with Gasteiger partial charge in [-0.25, -0.2) is 0 Å². The molecule has 0 spiro atoms. The van der Waals surface area contributed by atoms with Crippen molar-refractivity contribution in [3.05, 3.63) is 29.8 Å². The zero-order valence-electron chi connectivity index (χ0n) is 8.10. The normalized spacial score (nSPS) is 12.4. The Morgan fingerprint density at radius 3 is 2.71 bits per heavy atom. The minimum Gasteiger partial charge on any atom is -0.508 e. The number of hydrogen-bond acceptors (Lipinski definition) is 2. The molecule has 3 heteroatoms. The zero-order chi connectivity index (χ0) is 10.6. The molecule has 0 radical (unpaired) electrons. The Labute approximate surface area is 83.0 Å². The first-order valence-electron chi connectivity index (χ1n) is 4.67. The van der Waals surface area contributed by atoms with Gasteiger partial charge in [0.2, 0.25) is 0 Å². The van der Waals surface area contributed by atoms with Crippen LogP contribution in [0.15, 0.2) is 24.3 Å². The lowest BCUT2D eigenvalue weighted by molar-refractivity contribution is -0.139. The van der Waals surface area contributed by atoms with E-state index in [1.807, 2.05) is 6.92 Å². The summed E-state index contributed by atoms with van der Waals surface area (Å²) < 4.78 is 0. The van der Waals surface area contributed by atoms with E-state index in [-0.39, 0.29) is 5.75 Å². The van der Waals surface area contributed by atoms with Crippen molar-refractivity contribution in [3.63, 3.8) is 0 Å². The van der Waals surface area contributed by atoms with Gasteiger partial charge in [0.1, 0.15) is 5.75 Å². The number of carbonyl (C=O) groups is 1. The number of aliphatic carboxylic acids is 1. The van der Waals surface area contributed by atoms with Crippen molar-refractivity contribution in [2.75, 3.05) is 0 Å². The molecule has 0 amide bonds. The summed E-state index contributed by atoms with van der Waals surface area (Å²) >= 11 is 0. The molecule has 0 aromatic heterocycles. The number of phenolic OH excluding ortho intramolecular Hbond substituents is 1. The first kappa shape index (κ1) is 10.6. The highest BCUT2D eigenvalue weighted by Gasteiger charge is 2.18. The Bertz CT molecular complexity index is 320. The topological polar surface area (TPSA) is 57.5 Å². The Morgan fingerprint density at radius 2 is 2.21 bits per heavy atom. The van der Waals surface area contributed by atoms with E-state index in [9.17, 15) is 9.90 Å². The summed E-state index contributed by atoms with van der Waals surface area (Å²) in [5.41, 5.74) is 0.666. The van der Waals surface area contributed by atoms with Crippen molar-refractivity contribution >= 4 is 5.97 Å². The van der Waals surface area contributed by atoms with Crippen LogP contribution in [0.2, 0.25) is 0 Å². The van der Waals surface area contributed by atoms with Crippen molar-refractivity contribution in [1.82, 2.24) is 0 Å². The van der Waals surface area contributed by atoms with E-state index >= 15 is 0 Å². The molecule has 1 rings (SSSR count). The molecule has 0 aliphatic rings. The van der Waals surface area contributed by atoms with E-state index in [0.717, 1.165) is 6.42 Å². The van der Waals surface area contributed by atoms with Crippen molar-refractivity contribution in [2.45, 2.75) is 25.7 Å². The maximum absolute atomic E-state index is 10.9. The van der Waals surface area contributed by atoms with Crippen LogP contribution in [0, 0.1) is 0 Å². The summed E-state index contributed by atoms with van der Waals surface area (Å²) in [6.07, 6.45) is 1.41. The second kappa shape index (κ2) is 4.65. The van der Waals surface area contributed by atoms with E-state index in [4.69, 9.17) is 5.11 Å². The molecule has 0 aliphatic heterocycles. The molecule has 1 aromatic rings.